The van der Waals surface area contributed by atoms with Crippen LogP contribution in [0.1, 0.15) is 23.5 Å². The van der Waals surface area contributed by atoms with Gasteiger partial charge in [0.15, 0.2) is 17.5 Å². The van der Waals surface area contributed by atoms with E-state index >= 15 is 0 Å². The van der Waals surface area contributed by atoms with Crippen molar-refractivity contribution in [2.75, 3.05) is 20.9 Å². The third-order valence-electron chi connectivity index (χ3n) is 4.84. The summed E-state index contributed by atoms with van der Waals surface area (Å²) in [6.07, 6.45) is 0.915. The Bertz CT molecular complexity index is 840. The van der Waals surface area contributed by atoms with E-state index in [1.54, 1.807) is 13.1 Å². The van der Waals surface area contributed by atoms with E-state index in [9.17, 15) is 4.39 Å². The first kappa shape index (κ1) is 16.7. The van der Waals surface area contributed by atoms with E-state index < -0.39 is 0 Å². The van der Waals surface area contributed by atoms with Gasteiger partial charge in [-0.3, -0.25) is 4.99 Å². The molecule has 0 spiro atoms. The van der Waals surface area contributed by atoms with Crippen molar-refractivity contribution >= 4 is 5.96 Å². The fourth-order valence-corrected chi connectivity index (χ4v) is 3.37. The number of nitrogens with one attached hydrogen (secondary N) is 1. The van der Waals surface area contributed by atoms with Crippen molar-refractivity contribution in [3.8, 4) is 11.5 Å². The second-order valence-corrected chi connectivity index (χ2v) is 6.71. The van der Waals surface area contributed by atoms with Crippen LogP contribution < -0.4 is 14.8 Å². The highest BCUT2D eigenvalue weighted by atomic mass is 19.1. The van der Waals surface area contributed by atoms with Gasteiger partial charge in [0.1, 0.15) is 5.82 Å². The highest BCUT2D eigenvalue weighted by Crippen LogP contribution is 2.42. The van der Waals surface area contributed by atoms with Gasteiger partial charge in [-0.25, -0.2) is 4.39 Å². The Morgan fingerprint density at radius 1 is 1.23 bits per heavy atom. The van der Waals surface area contributed by atoms with Crippen LogP contribution in [0.3, 0.4) is 0 Å². The number of nitrogens with zero attached hydrogens (tertiary/aromatic N) is 2. The molecule has 0 aromatic heterocycles. The lowest BCUT2D eigenvalue weighted by Crippen LogP contribution is -2.40. The molecule has 1 saturated carbocycles. The highest BCUT2D eigenvalue weighted by molar-refractivity contribution is 5.80. The number of hydrogen-bond donors (Lipinski definition) is 1. The number of aliphatic imine (C=N–C) groups is 1. The monoisotopic (exact) mass is 355 g/mol. The summed E-state index contributed by atoms with van der Waals surface area (Å²) in [4.78, 5) is 6.42. The van der Waals surface area contributed by atoms with Crippen molar-refractivity contribution in [2.45, 2.75) is 24.9 Å². The SMILES string of the molecule is CN=C(NC1CC1c1ccccc1F)N(C)Cc1ccc2c(c1)OCO2. The van der Waals surface area contributed by atoms with Gasteiger partial charge in [0.25, 0.3) is 0 Å². The normalized spacial score (nSPS) is 20.8. The van der Waals surface area contributed by atoms with E-state index in [1.165, 1.54) is 6.07 Å². The summed E-state index contributed by atoms with van der Waals surface area (Å²) in [7, 11) is 3.75. The molecule has 2 aromatic carbocycles. The zero-order valence-corrected chi connectivity index (χ0v) is 14.9. The molecule has 26 heavy (non-hydrogen) atoms. The Morgan fingerprint density at radius 2 is 2.04 bits per heavy atom. The van der Waals surface area contributed by atoms with Gasteiger partial charge in [-0.15, -0.1) is 0 Å². The van der Waals surface area contributed by atoms with Gasteiger partial charge in [0.2, 0.25) is 6.79 Å². The largest absolute Gasteiger partial charge is 0.454 e. The molecule has 0 amide bonds. The molecule has 0 saturated heterocycles. The van der Waals surface area contributed by atoms with Gasteiger partial charge in [0, 0.05) is 32.6 Å². The van der Waals surface area contributed by atoms with Gasteiger partial charge >= 0.3 is 0 Å². The maximum atomic E-state index is 13.9. The van der Waals surface area contributed by atoms with Gasteiger partial charge < -0.3 is 19.7 Å². The Labute approximate surface area is 152 Å². The number of rotatable bonds is 4. The molecule has 1 N–H and O–H groups in total. The number of guanidine groups is 1. The van der Waals surface area contributed by atoms with Crippen molar-refractivity contribution in [3.63, 3.8) is 0 Å². The fourth-order valence-electron chi connectivity index (χ4n) is 3.37. The van der Waals surface area contributed by atoms with Crippen LogP contribution in [-0.2, 0) is 6.54 Å². The zero-order valence-electron chi connectivity index (χ0n) is 14.9. The van der Waals surface area contributed by atoms with Gasteiger partial charge in [0.05, 0.1) is 0 Å². The first-order valence-corrected chi connectivity index (χ1v) is 8.73. The van der Waals surface area contributed by atoms with Crippen LogP contribution in [0.4, 0.5) is 4.39 Å². The molecule has 1 aliphatic carbocycles. The van der Waals surface area contributed by atoms with Crippen LogP contribution in [0.5, 0.6) is 11.5 Å². The molecule has 0 bridgehead atoms. The second-order valence-electron chi connectivity index (χ2n) is 6.71. The van der Waals surface area contributed by atoms with Crippen LogP contribution in [0.2, 0.25) is 0 Å². The van der Waals surface area contributed by atoms with Crippen molar-refractivity contribution in [1.29, 1.82) is 0 Å². The second kappa shape index (κ2) is 6.86. The number of halogens is 1. The summed E-state index contributed by atoms with van der Waals surface area (Å²) in [6.45, 7) is 0.963. The van der Waals surface area contributed by atoms with Crippen molar-refractivity contribution in [1.82, 2.24) is 10.2 Å². The standard InChI is InChI=1S/C20H22FN3O2/c1-22-20(23-17-10-15(17)14-5-3-4-6-16(14)21)24(2)11-13-7-8-18-19(9-13)26-12-25-18/h3-9,15,17H,10-12H2,1-2H3,(H,22,23). The Hall–Kier alpha value is -2.76. The molecule has 1 aliphatic heterocycles. The Kier molecular flexibility index (Phi) is 4.41. The molecule has 2 aromatic rings. The van der Waals surface area contributed by atoms with Gasteiger partial charge in [-0.05, 0) is 35.7 Å². The number of fused-ring (bicyclic) bond motifs is 1. The van der Waals surface area contributed by atoms with Crippen LogP contribution >= 0.6 is 0 Å². The number of hydrogen-bond acceptors (Lipinski definition) is 3. The highest BCUT2D eigenvalue weighted by Gasteiger charge is 2.40. The average Bonchev–Trinajstić information content (AvgIpc) is 3.24. The maximum absolute atomic E-state index is 13.9. The Morgan fingerprint density at radius 3 is 2.85 bits per heavy atom. The van der Waals surface area contributed by atoms with Crippen molar-refractivity contribution in [2.24, 2.45) is 4.99 Å². The van der Waals surface area contributed by atoms with Crippen LogP contribution in [0.25, 0.3) is 0 Å². The summed E-state index contributed by atoms with van der Waals surface area (Å²) in [6, 6.07) is 13.1. The molecule has 1 heterocycles. The topological polar surface area (TPSA) is 46.1 Å². The molecule has 4 rings (SSSR count). The van der Waals surface area contributed by atoms with E-state index in [2.05, 4.69) is 10.3 Å². The number of benzene rings is 2. The summed E-state index contributed by atoms with van der Waals surface area (Å²) < 4.78 is 24.7. The summed E-state index contributed by atoms with van der Waals surface area (Å²) in [5, 5.41) is 3.44. The molecule has 2 unspecified atom stereocenters. The van der Waals surface area contributed by atoms with Gasteiger partial charge in [-0.2, -0.15) is 0 Å². The Balaban J connectivity index is 1.38. The lowest BCUT2D eigenvalue weighted by Gasteiger charge is -2.22. The van der Waals surface area contributed by atoms with E-state index in [4.69, 9.17) is 9.47 Å². The van der Waals surface area contributed by atoms with Crippen LogP contribution in [0.15, 0.2) is 47.5 Å². The minimum Gasteiger partial charge on any atom is -0.454 e. The molecular formula is C20H22FN3O2. The van der Waals surface area contributed by atoms with Crippen LogP contribution in [0, 0.1) is 5.82 Å². The summed E-state index contributed by atoms with van der Waals surface area (Å²) >= 11 is 0. The molecule has 2 atom stereocenters. The molecular weight excluding hydrogens is 333 g/mol. The lowest BCUT2D eigenvalue weighted by molar-refractivity contribution is 0.174. The quantitative estimate of drug-likeness (QED) is 0.676. The molecule has 136 valence electrons. The minimum atomic E-state index is -0.134. The van der Waals surface area contributed by atoms with E-state index in [0.29, 0.717) is 6.54 Å². The summed E-state index contributed by atoms with van der Waals surface area (Å²) in [5.41, 5.74) is 1.89. The first-order chi connectivity index (χ1) is 12.7. The zero-order chi connectivity index (χ0) is 18.1. The first-order valence-electron chi connectivity index (χ1n) is 8.73. The van der Waals surface area contributed by atoms with E-state index in [-0.39, 0.29) is 24.6 Å². The van der Waals surface area contributed by atoms with E-state index in [0.717, 1.165) is 35.0 Å². The number of ether oxygens (including phenoxy) is 2. The smallest absolute Gasteiger partial charge is 0.231 e. The van der Waals surface area contributed by atoms with Crippen molar-refractivity contribution in [3.05, 3.63) is 59.4 Å². The minimum absolute atomic E-state index is 0.134. The molecule has 1 fully saturated rings. The third-order valence-corrected chi connectivity index (χ3v) is 4.84. The van der Waals surface area contributed by atoms with E-state index in [1.807, 2.05) is 42.3 Å². The fraction of sp³-hybridized carbons (Fsp3) is 0.350. The molecule has 5 nitrogen and oxygen atoms in total. The predicted octanol–water partition coefficient (Wildman–Crippen LogP) is 3.12. The van der Waals surface area contributed by atoms with Crippen LogP contribution in [-0.4, -0.2) is 37.8 Å². The van der Waals surface area contributed by atoms with Crippen molar-refractivity contribution < 1.29 is 13.9 Å². The molecule has 6 heteroatoms. The predicted molar refractivity (Wildman–Crippen MR) is 98.1 cm³/mol. The third kappa shape index (κ3) is 3.31. The maximum Gasteiger partial charge on any atom is 0.231 e. The lowest BCUT2D eigenvalue weighted by atomic mass is 10.1. The molecule has 0 radical (unpaired) electrons. The van der Waals surface area contributed by atoms with Gasteiger partial charge in [-0.1, -0.05) is 24.3 Å². The summed E-state index contributed by atoms with van der Waals surface area (Å²) in [5.74, 6) is 2.43. The molecule has 2 aliphatic rings. The average molecular weight is 355 g/mol.